The van der Waals surface area contributed by atoms with E-state index in [0.717, 1.165) is 0 Å². The molecule has 0 amide bonds. The van der Waals surface area contributed by atoms with E-state index in [2.05, 4.69) is 0 Å². The van der Waals surface area contributed by atoms with Crippen molar-refractivity contribution in [3.05, 3.63) is 0 Å². The molecule has 0 saturated carbocycles. The maximum absolute atomic E-state index is 8.56. The van der Waals surface area contributed by atoms with Gasteiger partial charge in [-0.3, -0.25) is 0 Å². The van der Waals surface area contributed by atoms with Crippen molar-refractivity contribution in [2.75, 3.05) is 13.2 Å². The van der Waals surface area contributed by atoms with Crippen LogP contribution in [0.1, 0.15) is 20.3 Å². The van der Waals surface area contributed by atoms with E-state index in [1.165, 1.54) is 0 Å². The summed E-state index contributed by atoms with van der Waals surface area (Å²) < 4.78 is 5.07. The normalized spacial score (nSPS) is 15.8. The van der Waals surface area contributed by atoms with Crippen LogP contribution in [0.4, 0.5) is 0 Å². The molecule has 1 N–H and O–H groups in total. The average molecular weight is 143 g/mol. The fourth-order valence-electron chi connectivity index (χ4n) is 0.484. The SMILES string of the molecule is CCC(C)(C#N)OCCO. The molecule has 0 bridgehead atoms. The fraction of sp³-hybridized carbons (Fsp3) is 0.857. The number of nitrogens with zero attached hydrogens (tertiary/aromatic N) is 1. The maximum Gasteiger partial charge on any atom is 0.151 e. The Hall–Kier alpha value is -0.590. The third kappa shape index (κ3) is 2.81. The largest absolute Gasteiger partial charge is 0.394 e. The molecule has 58 valence electrons. The molecule has 0 radical (unpaired) electrons. The van der Waals surface area contributed by atoms with Gasteiger partial charge in [-0.2, -0.15) is 5.26 Å². The summed E-state index contributed by atoms with van der Waals surface area (Å²) in [6, 6.07) is 2.03. The molecule has 0 rings (SSSR count). The molecule has 3 heteroatoms. The standard InChI is InChI=1S/C7H13NO2/c1-3-7(2,6-8)10-5-4-9/h9H,3-5H2,1-2H3. The van der Waals surface area contributed by atoms with Crippen molar-refractivity contribution in [3.63, 3.8) is 0 Å². The zero-order chi connectivity index (χ0) is 8.04. The minimum atomic E-state index is -0.720. The van der Waals surface area contributed by atoms with E-state index in [9.17, 15) is 0 Å². The topological polar surface area (TPSA) is 53.2 Å². The predicted octanol–water partition coefficient (Wildman–Crippen LogP) is 0.688. The van der Waals surface area contributed by atoms with Gasteiger partial charge in [0, 0.05) is 0 Å². The number of hydrogen-bond acceptors (Lipinski definition) is 3. The van der Waals surface area contributed by atoms with Crippen LogP contribution in [-0.2, 0) is 4.74 Å². The highest BCUT2D eigenvalue weighted by Gasteiger charge is 2.20. The van der Waals surface area contributed by atoms with Gasteiger partial charge in [-0.1, -0.05) is 6.92 Å². The molecule has 0 spiro atoms. The summed E-state index contributed by atoms with van der Waals surface area (Å²) in [4.78, 5) is 0. The Kier molecular flexibility index (Phi) is 4.01. The Morgan fingerprint density at radius 3 is 2.60 bits per heavy atom. The molecule has 0 aliphatic carbocycles. The van der Waals surface area contributed by atoms with Crippen LogP contribution >= 0.6 is 0 Å². The summed E-state index contributed by atoms with van der Waals surface area (Å²) in [5.74, 6) is 0. The van der Waals surface area contributed by atoms with Gasteiger partial charge in [0.05, 0.1) is 19.3 Å². The Bertz CT molecular complexity index is 130. The molecule has 10 heavy (non-hydrogen) atoms. The van der Waals surface area contributed by atoms with Gasteiger partial charge in [0.25, 0.3) is 0 Å². The summed E-state index contributed by atoms with van der Waals surface area (Å²) in [6.07, 6.45) is 0.642. The quantitative estimate of drug-likeness (QED) is 0.629. The van der Waals surface area contributed by atoms with Gasteiger partial charge in [0.15, 0.2) is 5.60 Å². The van der Waals surface area contributed by atoms with Crippen LogP contribution in [0.15, 0.2) is 0 Å². The monoisotopic (exact) mass is 143 g/mol. The summed E-state index contributed by atoms with van der Waals surface area (Å²) in [5, 5.41) is 16.9. The number of hydrogen-bond donors (Lipinski definition) is 1. The molecule has 0 aromatic carbocycles. The van der Waals surface area contributed by atoms with Crippen LogP contribution in [0.3, 0.4) is 0 Å². The Labute approximate surface area is 61.2 Å². The number of rotatable bonds is 4. The van der Waals surface area contributed by atoms with E-state index in [-0.39, 0.29) is 13.2 Å². The second-order valence-corrected chi connectivity index (χ2v) is 2.27. The number of nitriles is 1. The van der Waals surface area contributed by atoms with Crippen molar-refractivity contribution in [1.82, 2.24) is 0 Å². The van der Waals surface area contributed by atoms with E-state index < -0.39 is 5.60 Å². The van der Waals surface area contributed by atoms with Crippen molar-refractivity contribution in [2.24, 2.45) is 0 Å². The van der Waals surface area contributed by atoms with Crippen LogP contribution in [-0.4, -0.2) is 23.9 Å². The Balaban J connectivity index is 3.72. The molecular weight excluding hydrogens is 130 g/mol. The molecule has 1 unspecified atom stereocenters. The van der Waals surface area contributed by atoms with Gasteiger partial charge in [0.1, 0.15) is 0 Å². The van der Waals surface area contributed by atoms with Crippen molar-refractivity contribution in [1.29, 1.82) is 5.26 Å². The third-order valence-corrected chi connectivity index (χ3v) is 1.42. The molecule has 0 aliphatic rings. The van der Waals surface area contributed by atoms with Crippen molar-refractivity contribution >= 4 is 0 Å². The first kappa shape index (κ1) is 9.41. The van der Waals surface area contributed by atoms with E-state index in [1.54, 1.807) is 6.92 Å². The summed E-state index contributed by atoms with van der Waals surface area (Å²) in [6.45, 7) is 3.79. The molecule has 0 saturated heterocycles. The number of ether oxygens (including phenoxy) is 1. The third-order valence-electron chi connectivity index (χ3n) is 1.42. The molecule has 0 heterocycles. The Morgan fingerprint density at radius 2 is 2.30 bits per heavy atom. The predicted molar refractivity (Wildman–Crippen MR) is 37.3 cm³/mol. The lowest BCUT2D eigenvalue weighted by molar-refractivity contribution is -0.00949. The lowest BCUT2D eigenvalue weighted by Crippen LogP contribution is -2.26. The molecule has 0 aromatic rings. The molecule has 0 fully saturated rings. The zero-order valence-corrected chi connectivity index (χ0v) is 6.42. The van der Waals surface area contributed by atoms with Crippen LogP contribution < -0.4 is 0 Å². The van der Waals surface area contributed by atoms with Crippen LogP contribution in [0.25, 0.3) is 0 Å². The minimum absolute atomic E-state index is 0.0305. The second-order valence-electron chi connectivity index (χ2n) is 2.27. The van der Waals surface area contributed by atoms with Crippen LogP contribution in [0.2, 0.25) is 0 Å². The van der Waals surface area contributed by atoms with E-state index in [0.29, 0.717) is 6.42 Å². The summed E-state index contributed by atoms with van der Waals surface area (Å²) in [7, 11) is 0. The zero-order valence-electron chi connectivity index (χ0n) is 6.42. The average Bonchev–Trinajstić information content (AvgIpc) is 2.00. The van der Waals surface area contributed by atoms with Gasteiger partial charge < -0.3 is 9.84 Å². The van der Waals surface area contributed by atoms with Crippen LogP contribution in [0, 0.1) is 11.3 Å². The van der Waals surface area contributed by atoms with Gasteiger partial charge in [0.2, 0.25) is 0 Å². The highest BCUT2D eigenvalue weighted by molar-refractivity contribution is 4.96. The van der Waals surface area contributed by atoms with Crippen molar-refractivity contribution < 1.29 is 9.84 Å². The van der Waals surface area contributed by atoms with Gasteiger partial charge in [-0.15, -0.1) is 0 Å². The molecule has 3 nitrogen and oxygen atoms in total. The number of aliphatic hydroxyl groups is 1. The van der Waals surface area contributed by atoms with Crippen LogP contribution in [0.5, 0.6) is 0 Å². The highest BCUT2D eigenvalue weighted by Crippen LogP contribution is 2.12. The second kappa shape index (κ2) is 4.26. The van der Waals surface area contributed by atoms with E-state index >= 15 is 0 Å². The van der Waals surface area contributed by atoms with Crippen molar-refractivity contribution in [3.8, 4) is 6.07 Å². The lowest BCUT2D eigenvalue weighted by Gasteiger charge is -2.18. The fourth-order valence-corrected chi connectivity index (χ4v) is 0.484. The van der Waals surface area contributed by atoms with E-state index in [1.807, 2.05) is 13.0 Å². The summed E-state index contributed by atoms with van der Waals surface area (Å²) in [5.41, 5.74) is -0.720. The minimum Gasteiger partial charge on any atom is -0.394 e. The molecule has 0 aromatic heterocycles. The molecule has 1 atom stereocenters. The number of aliphatic hydroxyl groups excluding tert-OH is 1. The first-order chi connectivity index (χ1) is 4.68. The highest BCUT2D eigenvalue weighted by atomic mass is 16.5. The molecular formula is C7H13NO2. The van der Waals surface area contributed by atoms with E-state index in [4.69, 9.17) is 15.1 Å². The van der Waals surface area contributed by atoms with Gasteiger partial charge >= 0.3 is 0 Å². The smallest absolute Gasteiger partial charge is 0.151 e. The lowest BCUT2D eigenvalue weighted by atomic mass is 10.1. The van der Waals surface area contributed by atoms with Gasteiger partial charge in [-0.05, 0) is 13.3 Å². The maximum atomic E-state index is 8.56. The first-order valence-electron chi connectivity index (χ1n) is 3.34. The first-order valence-corrected chi connectivity index (χ1v) is 3.34. The Morgan fingerprint density at radius 1 is 1.70 bits per heavy atom. The summed E-state index contributed by atoms with van der Waals surface area (Å²) >= 11 is 0. The van der Waals surface area contributed by atoms with Gasteiger partial charge in [-0.25, -0.2) is 0 Å². The molecule has 0 aliphatic heterocycles. The van der Waals surface area contributed by atoms with Crippen molar-refractivity contribution in [2.45, 2.75) is 25.9 Å².